The van der Waals surface area contributed by atoms with Crippen LogP contribution in [0.4, 0.5) is 10.1 Å². The minimum Gasteiger partial charge on any atom is -0.466 e. The first-order valence-electron chi connectivity index (χ1n) is 6.88. The number of nitrogens with zero attached hydrogens (tertiary/aromatic N) is 3. The molecule has 10 heteroatoms. The van der Waals surface area contributed by atoms with Crippen molar-refractivity contribution in [2.24, 2.45) is 10.2 Å². The van der Waals surface area contributed by atoms with Crippen molar-refractivity contribution in [2.45, 2.75) is 0 Å². The van der Waals surface area contributed by atoms with Crippen molar-refractivity contribution in [1.29, 1.82) is 0 Å². The fourth-order valence-corrected chi connectivity index (χ4v) is 3.11. The highest BCUT2D eigenvalue weighted by Gasteiger charge is 2.25. The molecule has 0 spiro atoms. The van der Waals surface area contributed by atoms with Gasteiger partial charge in [-0.3, -0.25) is 10.1 Å². The second-order valence-corrected chi connectivity index (χ2v) is 6.84. The lowest BCUT2D eigenvalue weighted by molar-refractivity contribution is -0.135. The van der Waals surface area contributed by atoms with Gasteiger partial charge in [-0.2, -0.15) is 5.10 Å². The zero-order valence-corrected chi connectivity index (χ0v) is 15.9. The van der Waals surface area contributed by atoms with Crippen LogP contribution in [-0.4, -0.2) is 44.5 Å². The molecule has 1 fully saturated rings. The molecule has 0 aromatic heterocycles. The lowest BCUT2D eigenvalue weighted by Crippen LogP contribution is -2.19. The minimum atomic E-state index is -0.631. The zero-order chi connectivity index (χ0) is 18.6. The molecule has 1 N–H and O–H groups in total. The zero-order valence-electron chi connectivity index (χ0n) is 13.5. The van der Waals surface area contributed by atoms with Gasteiger partial charge in [-0.25, -0.2) is 9.18 Å². The third kappa shape index (κ3) is 4.89. The van der Waals surface area contributed by atoms with Crippen LogP contribution in [0.15, 0.2) is 37.8 Å². The number of amides is 1. The summed E-state index contributed by atoms with van der Waals surface area (Å²) in [6.07, 6.45) is 2.52. The average molecular weight is 429 g/mol. The van der Waals surface area contributed by atoms with Crippen molar-refractivity contribution >= 4 is 56.6 Å². The predicted octanol–water partition coefficient (Wildman–Crippen LogP) is 2.26. The van der Waals surface area contributed by atoms with Gasteiger partial charge in [0.1, 0.15) is 5.82 Å². The molecule has 1 aliphatic heterocycles. The summed E-state index contributed by atoms with van der Waals surface area (Å²) in [5.74, 6) is -1.47. The molecular formula is C15H14BrFN4O3S. The summed E-state index contributed by atoms with van der Waals surface area (Å²) in [5, 5.41) is 10.5. The van der Waals surface area contributed by atoms with E-state index < -0.39 is 11.9 Å². The predicted molar refractivity (Wildman–Crippen MR) is 99.3 cm³/mol. The van der Waals surface area contributed by atoms with E-state index in [1.807, 2.05) is 0 Å². The summed E-state index contributed by atoms with van der Waals surface area (Å²) >= 11 is 4.26. The van der Waals surface area contributed by atoms with Crippen LogP contribution in [0.25, 0.3) is 0 Å². The first-order valence-corrected chi connectivity index (χ1v) is 8.49. The van der Waals surface area contributed by atoms with Gasteiger partial charge in [0.25, 0.3) is 5.91 Å². The maximum atomic E-state index is 13.5. The van der Waals surface area contributed by atoms with Crippen LogP contribution in [0, 0.1) is 5.82 Å². The van der Waals surface area contributed by atoms with Gasteiger partial charge < -0.3 is 9.64 Å². The largest absolute Gasteiger partial charge is 0.466 e. The summed E-state index contributed by atoms with van der Waals surface area (Å²) in [5.41, 5.74) is 1.25. The van der Waals surface area contributed by atoms with Crippen molar-refractivity contribution in [2.75, 3.05) is 26.1 Å². The number of carbonyl (C=O) groups is 2. The van der Waals surface area contributed by atoms with Crippen LogP contribution < -0.4 is 10.2 Å². The lowest BCUT2D eigenvalue weighted by Gasteiger charge is -2.16. The number of methoxy groups -OCH3 is 1. The summed E-state index contributed by atoms with van der Waals surface area (Å²) in [4.78, 5) is 24.8. The van der Waals surface area contributed by atoms with E-state index in [9.17, 15) is 14.0 Å². The van der Waals surface area contributed by atoms with Crippen LogP contribution in [0.3, 0.4) is 0 Å². The van der Waals surface area contributed by atoms with Crippen molar-refractivity contribution < 1.29 is 18.7 Å². The first-order chi connectivity index (χ1) is 11.8. The summed E-state index contributed by atoms with van der Waals surface area (Å²) in [7, 11) is 4.78. The number of anilines is 1. The number of carbonyl (C=O) groups excluding carboxylic acids is 2. The standard InChI is InChI=1S/C15H14BrFN4O3S/c1-21(2)11-5-8(17)4-10(16)9(11)7-18-20-15-19-14(23)12(25-15)6-13(22)24-3/h4-7H,1-3H3,(H,19,20,23)/b12-6+,18-7?. The van der Waals surface area contributed by atoms with E-state index in [0.29, 0.717) is 15.7 Å². The van der Waals surface area contributed by atoms with Crippen LogP contribution in [0.2, 0.25) is 0 Å². The van der Waals surface area contributed by atoms with Gasteiger partial charge in [0, 0.05) is 35.9 Å². The van der Waals surface area contributed by atoms with Crippen molar-refractivity contribution in [1.82, 2.24) is 5.32 Å². The normalized spacial score (nSPS) is 17.4. The van der Waals surface area contributed by atoms with Gasteiger partial charge in [0.15, 0.2) is 5.17 Å². The topological polar surface area (TPSA) is 83.4 Å². The Morgan fingerprint density at radius 2 is 2.16 bits per heavy atom. The maximum Gasteiger partial charge on any atom is 0.331 e. The number of hydrogen-bond acceptors (Lipinski definition) is 7. The van der Waals surface area contributed by atoms with Crippen molar-refractivity contribution in [3.8, 4) is 0 Å². The number of rotatable bonds is 4. The van der Waals surface area contributed by atoms with Gasteiger partial charge >= 0.3 is 5.97 Å². The Kier molecular flexibility index (Phi) is 6.32. The molecule has 0 saturated carbocycles. The molecule has 7 nitrogen and oxygen atoms in total. The highest BCUT2D eigenvalue weighted by Crippen LogP contribution is 2.27. The Bertz CT molecular complexity index is 808. The van der Waals surface area contributed by atoms with E-state index in [-0.39, 0.29) is 15.9 Å². The smallest absolute Gasteiger partial charge is 0.331 e. The van der Waals surface area contributed by atoms with Crippen LogP contribution >= 0.6 is 27.7 Å². The Morgan fingerprint density at radius 1 is 1.44 bits per heavy atom. The van der Waals surface area contributed by atoms with Crippen LogP contribution in [0.5, 0.6) is 0 Å². The molecule has 25 heavy (non-hydrogen) atoms. The summed E-state index contributed by atoms with van der Waals surface area (Å²) in [6.45, 7) is 0. The molecule has 1 aromatic rings. The molecule has 1 aliphatic rings. The number of thioether (sulfide) groups is 1. The molecule has 0 radical (unpaired) electrons. The molecule has 0 bridgehead atoms. The quantitative estimate of drug-likeness (QED) is 0.344. The van der Waals surface area contributed by atoms with Crippen LogP contribution in [0.1, 0.15) is 5.56 Å². The maximum absolute atomic E-state index is 13.5. The lowest BCUT2D eigenvalue weighted by atomic mass is 10.2. The van der Waals surface area contributed by atoms with E-state index >= 15 is 0 Å². The highest BCUT2D eigenvalue weighted by molar-refractivity contribution is 9.10. The van der Waals surface area contributed by atoms with Gasteiger partial charge in [-0.1, -0.05) is 0 Å². The molecule has 0 aliphatic carbocycles. The van der Waals surface area contributed by atoms with E-state index in [1.54, 1.807) is 19.0 Å². The van der Waals surface area contributed by atoms with Gasteiger partial charge in [-0.15, -0.1) is 5.10 Å². The number of ether oxygens (including phenoxy) is 1. The molecular weight excluding hydrogens is 415 g/mol. The molecule has 1 aromatic carbocycles. The fraction of sp³-hybridized carbons (Fsp3) is 0.200. The number of nitrogens with one attached hydrogen (secondary N) is 1. The average Bonchev–Trinajstić information content (AvgIpc) is 2.88. The highest BCUT2D eigenvalue weighted by atomic mass is 79.9. The Hall–Kier alpha value is -2.20. The number of benzene rings is 1. The van der Waals surface area contributed by atoms with Crippen molar-refractivity contribution in [3.63, 3.8) is 0 Å². The Labute approximate surface area is 156 Å². The number of amidine groups is 1. The number of esters is 1. The molecule has 0 unspecified atom stereocenters. The van der Waals surface area contributed by atoms with Gasteiger partial charge in [0.2, 0.25) is 0 Å². The second kappa shape index (κ2) is 8.26. The van der Waals surface area contributed by atoms with E-state index in [0.717, 1.165) is 17.8 Å². The third-order valence-electron chi connectivity index (χ3n) is 2.99. The monoisotopic (exact) mass is 428 g/mol. The van der Waals surface area contributed by atoms with Crippen LogP contribution in [-0.2, 0) is 14.3 Å². The summed E-state index contributed by atoms with van der Waals surface area (Å²) < 4.78 is 18.5. The SMILES string of the molecule is COC(=O)/C=C1/S/C(=N\N=Cc2c(Br)cc(F)cc2N(C)C)NC1=O. The molecule has 2 rings (SSSR count). The van der Waals surface area contributed by atoms with Gasteiger partial charge in [-0.05, 0) is 39.8 Å². The van der Waals surface area contributed by atoms with Gasteiger partial charge in [0.05, 0.1) is 18.2 Å². The molecule has 1 saturated heterocycles. The van der Waals surface area contributed by atoms with E-state index in [4.69, 9.17) is 0 Å². The molecule has 0 atom stereocenters. The third-order valence-corrected chi connectivity index (χ3v) is 4.55. The minimum absolute atomic E-state index is 0.165. The fourth-order valence-electron chi connectivity index (χ4n) is 1.85. The van der Waals surface area contributed by atoms with E-state index in [1.165, 1.54) is 25.5 Å². The number of halogens is 2. The Morgan fingerprint density at radius 3 is 2.80 bits per heavy atom. The summed E-state index contributed by atoms with van der Waals surface area (Å²) in [6, 6.07) is 2.70. The Balaban J connectivity index is 2.22. The number of hydrogen-bond donors (Lipinski definition) is 1. The second-order valence-electron chi connectivity index (χ2n) is 4.95. The molecule has 132 valence electrons. The first kappa shape index (κ1) is 19.1. The van der Waals surface area contributed by atoms with Crippen molar-refractivity contribution in [3.05, 3.63) is 39.0 Å². The molecule has 1 heterocycles. The van der Waals surface area contributed by atoms with E-state index in [2.05, 4.69) is 36.2 Å². The molecule has 1 amide bonds.